The van der Waals surface area contributed by atoms with E-state index in [9.17, 15) is 14.4 Å². The van der Waals surface area contributed by atoms with Crippen LogP contribution in [-0.2, 0) is 20.7 Å². The predicted octanol–water partition coefficient (Wildman–Crippen LogP) is 4.72. The Hall–Kier alpha value is -2.48. The van der Waals surface area contributed by atoms with Gasteiger partial charge < -0.3 is 19.3 Å². The number of benzene rings is 1. The molecule has 3 amide bonds. The maximum atomic E-state index is 13.0. The molecular weight excluding hydrogens is 458 g/mol. The molecule has 0 unspecified atom stereocenters. The number of anilines is 1. The monoisotopic (exact) mass is 493 g/mol. The summed E-state index contributed by atoms with van der Waals surface area (Å²) in [6.07, 6.45) is 3.30. The summed E-state index contributed by atoms with van der Waals surface area (Å²) in [6, 6.07) is 5.54. The minimum Gasteiger partial charge on any atom is -0.469 e. The Labute approximate surface area is 207 Å². The molecule has 0 atom stereocenters. The largest absolute Gasteiger partial charge is 0.469 e. The van der Waals surface area contributed by atoms with Gasteiger partial charge in [0.25, 0.3) is 0 Å². The Morgan fingerprint density at radius 3 is 2.44 bits per heavy atom. The van der Waals surface area contributed by atoms with Gasteiger partial charge in [-0.2, -0.15) is 0 Å². The zero-order valence-electron chi connectivity index (χ0n) is 20.6. The first-order valence-electron chi connectivity index (χ1n) is 12.0. The number of amides is 3. The number of urea groups is 1. The summed E-state index contributed by atoms with van der Waals surface area (Å²) >= 11 is 6.41. The molecule has 0 radical (unpaired) electrons. The van der Waals surface area contributed by atoms with Gasteiger partial charge in [-0.05, 0) is 70.1 Å². The molecule has 3 rings (SSSR count). The summed E-state index contributed by atoms with van der Waals surface area (Å²) in [7, 11) is 1.37. The van der Waals surface area contributed by atoms with E-state index in [0.29, 0.717) is 50.1 Å². The molecule has 0 bridgehead atoms. The lowest BCUT2D eigenvalue weighted by molar-refractivity contribution is -0.140. The first kappa shape index (κ1) is 26.1. The van der Waals surface area contributed by atoms with Gasteiger partial charge in [0.2, 0.25) is 0 Å². The van der Waals surface area contributed by atoms with Gasteiger partial charge in [0, 0.05) is 49.9 Å². The van der Waals surface area contributed by atoms with Crippen LogP contribution in [0.3, 0.4) is 0 Å². The number of carbonyl (C=O) groups excluding carboxylic acids is 3. The summed E-state index contributed by atoms with van der Waals surface area (Å²) in [4.78, 5) is 42.0. The molecule has 2 heterocycles. The van der Waals surface area contributed by atoms with Gasteiger partial charge in [0.15, 0.2) is 0 Å². The highest BCUT2D eigenvalue weighted by molar-refractivity contribution is 6.31. The van der Waals surface area contributed by atoms with Gasteiger partial charge in [0.05, 0.1) is 7.11 Å². The van der Waals surface area contributed by atoms with Gasteiger partial charge in [-0.15, -0.1) is 0 Å². The average Bonchev–Trinajstić information content (AvgIpc) is 3.16. The second-order valence-corrected chi connectivity index (χ2v) is 10.4. The second kappa shape index (κ2) is 11.3. The summed E-state index contributed by atoms with van der Waals surface area (Å²) in [5.74, 6) is 0.213. The normalized spacial score (nSPS) is 17.3. The van der Waals surface area contributed by atoms with Crippen LogP contribution in [0.4, 0.5) is 15.3 Å². The molecule has 2 saturated heterocycles. The minimum atomic E-state index is -0.483. The van der Waals surface area contributed by atoms with E-state index >= 15 is 0 Å². The van der Waals surface area contributed by atoms with Gasteiger partial charge in [-0.1, -0.05) is 17.7 Å². The van der Waals surface area contributed by atoms with Gasteiger partial charge in [0.1, 0.15) is 5.60 Å². The number of carbonyl (C=O) groups is 3. The van der Waals surface area contributed by atoms with Crippen LogP contribution in [0.5, 0.6) is 0 Å². The van der Waals surface area contributed by atoms with Crippen molar-refractivity contribution < 1.29 is 23.9 Å². The van der Waals surface area contributed by atoms with E-state index in [1.54, 1.807) is 15.9 Å². The maximum Gasteiger partial charge on any atom is 0.410 e. The van der Waals surface area contributed by atoms with Crippen LogP contribution in [0.1, 0.15) is 52.0 Å². The predicted molar refractivity (Wildman–Crippen MR) is 131 cm³/mol. The van der Waals surface area contributed by atoms with Crippen molar-refractivity contribution in [2.24, 2.45) is 5.92 Å². The number of likely N-dealkylation sites (tertiary alicyclic amines) is 1. The Kier molecular flexibility index (Phi) is 8.68. The number of nitrogens with zero attached hydrogens (tertiary/aromatic N) is 3. The molecule has 1 aromatic rings. The zero-order chi connectivity index (χ0) is 24.9. The molecule has 2 aliphatic heterocycles. The lowest BCUT2D eigenvalue weighted by atomic mass is 9.93. The summed E-state index contributed by atoms with van der Waals surface area (Å²) in [5.41, 5.74) is 1.14. The number of esters is 1. The zero-order valence-corrected chi connectivity index (χ0v) is 21.4. The number of halogens is 1. The number of rotatable bonds is 7. The van der Waals surface area contributed by atoms with Gasteiger partial charge >= 0.3 is 18.1 Å². The molecule has 0 saturated carbocycles. The number of methoxy groups -OCH3 is 1. The number of hydrogen-bond donors (Lipinski definition) is 0. The lowest BCUT2D eigenvalue weighted by Gasteiger charge is -2.34. The molecule has 0 aromatic heterocycles. The fourth-order valence-electron chi connectivity index (χ4n) is 4.34. The first-order chi connectivity index (χ1) is 16.1. The fraction of sp³-hybridized carbons (Fsp3) is 0.640. The van der Waals surface area contributed by atoms with Crippen molar-refractivity contribution in [1.82, 2.24) is 9.80 Å². The standard InChI is InChI=1S/C25H36ClN3O5/c1-25(2,3)34-24(32)28-13-10-18(11-14-28)9-12-27-15-16-29(23(27)31)20-7-5-19(21(26)17-20)6-8-22(30)33-4/h5,7,17-18H,6,8-16H2,1-4H3. The van der Waals surface area contributed by atoms with E-state index in [1.807, 2.05) is 37.8 Å². The van der Waals surface area contributed by atoms with E-state index in [1.165, 1.54) is 7.11 Å². The summed E-state index contributed by atoms with van der Waals surface area (Å²) in [5, 5.41) is 0.546. The quantitative estimate of drug-likeness (QED) is 0.513. The smallest absolute Gasteiger partial charge is 0.410 e. The number of ether oxygens (including phenoxy) is 2. The topological polar surface area (TPSA) is 79.4 Å². The van der Waals surface area contributed by atoms with Crippen LogP contribution >= 0.6 is 11.6 Å². The third-order valence-electron chi connectivity index (χ3n) is 6.34. The molecule has 2 fully saturated rings. The molecule has 188 valence electrons. The summed E-state index contributed by atoms with van der Waals surface area (Å²) < 4.78 is 10.1. The molecule has 0 spiro atoms. The van der Waals surface area contributed by atoms with E-state index in [2.05, 4.69) is 4.74 Å². The fourth-order valence-corrected chi connectivity index (χ4v) is 4.61. The minimum absolute atomic E-state index is 0.00966. The van der Waals surface area contributed by atoms with Gasteiger partial charge in [-0.25, -0.2) is 9.59 Å². The van der Waals surface area contributed by atoms with Gasteiger partial charge in [-0.3, -0.25) is 9.69 Å². The van der Waals surface area contributed by atoms with Crippen molar-refractivity contribution in [3.8, 4) is 0 Å². The SMILES string of the molecule is COC(=O)CCc1ccc(N2CCN(CCC3CCN(C(=O)OC(C)(C)C)CC3)C2=O)cc1Cl. The Morgan fingerprint density at radius 1 is 1.12 bits per heavy atom. The highest BCUT2D eigenvalue weighted by atomic mass is 35.5. The van der Waals surface area contributed by atoms with Crippen LogP contribution in [0, 0.1) is 5.92 Å². The molecule has 0 N–H and O–H groups in total. The van der Waals surface area contributed by atoms with Crippen LogP contribution in [0.2, 0.25) is 5.02 Å². The first-order valence-corrected chi connectivity index (χ1v) is 12.3. The third kappa shape index (κ3) is 7.01. The molecule has 1 aromatic carbocycles. The number of aryl methyl sites for hydroxylation is 1. The van der Waals surface area contributed by atoms with Crippen molar-refractivity contribution in [2.75, 3.05) is 44.7 Å². The van der Waals surface area contributed by atoms with Crippen LogP contribution in [0.15, 0.2) is 18.2 Å². The number of hydrogen-bond acceptors (Lipinski definition) is 5. The van der Waals surface area contributed by atoms with E-state index in [-0.39, 0.29) is 24.5 Å². The second-order valence-electron chi connectivity index (χ2n) is 9.97. The van der Waals surface area contributed by atoms with E-state index in [4.69, 9.17) is 16.3 Å². The maximum absolute atomic E-state index is 13.0. The number of piperidine rings is 1. The highest BCUT2D eigenvalue weighted by Crippen LogP contribution is 2.28. The lowest BCUT2D eigenvalue weighted by Crippen LogP contribution is -2.42. The molecule has 9 heteroatoms. The van der Waals surface area contributed by atoms with E-state index < -0.39 is 5.60 Å². The van der Waals surface area contributed by atoms with Crippen molar-refractivity contribution >= 4 is 35.4 Å². The highest BCUT2D eigenvalue weighted by Gasteiger charge is 2.31. The Balaban J connectivity index is 1.46. The van der Waals surface area contributed by atoms with Crippen molar-refractivity contribution in [3.63, 3.8) is 0 Å². The van der Waals surface area contributed by atoms with Crippen LogP contribution < -0.4 is 4.90 Å². The third-order valence-corrected chi connectivity index (χ3v) is 6.69. The van der Waals surface area contributed by atoms with Crippen LogP contribution in [0.25, 0.3) is 0 Å². The van der Waals surface area contributed by atoms with Crippen molar-refractivity contribution in [3.05, 3.63) is 28.8 Å². The molecule has 34 heavy (non-hydrogen) atoms. The Bertz CT molecular complexity index is 893. The molecular formula is C25H36ClN3O5. The van der Waals surface area contributed by atoms with Crippen molar-refractivity contribution in [2.45, 2.75) is 58.5 Å². The molecule has 2 aliphatic rings. The molecule has 8 nitrogen and oxygen atoms in total. The molecule has 0 aliphatic carbocycles. The Morgan fingerprint density at radius 2 is 1.82 bits per heavy atom. The summed E-state index contributed by atoms with van der Waals surface area (Å²) in [6.45, 7) is 9.02. The van der Waals surface area contributed by atoms with Crippen molar-refractivity contribution in [1.29, 1.82) is 0 Å². The average molecular weight is 494 g/mol. The van der Waals surface area contributed by atoms with E-state index in [0.717, 1.165) is 30.5 Å². The van der Waals surface area contributed by atoms with Crippen LogP contribution in [-0.4, -0.2) is 73.3 Å².